The van der Waals surface area contributed by atoms with E-state index in [-0.39, 0.29) is 11.7 Å². The third kappa shape index (κ3) is 2.96. The number of piperidine rings is 1. The molecule has 0 bridgehead atoms. The highest BCUT2D eigenvalue weighted by Gasteiger charge is 2.27. The Morgan fingerprint density at radius 3 is 2.56 bits per heavy atom. The Morgan fingerprint density at radius 2 is 1.94 bits per heavy atom. The van der Waals surface area contributed by atoms with Gasteiger partial charge in [-0.2, -0.15) is 0 Å². The van der Waals surface area contributed by atoms with Crippen molar-refractivity contribution in [3.8, 4) is 5.75 Å². The molecule has 1 fully saturated rings. The van der Waals surface area contributed by atoms with Crippen LogP contribution in [-0.2, 0) is 0 Å². The molecule has 1 heterocycles. The number of carbonyl (C=O) groups excluding carboxylic acids is 1. The van der Waals surface area contributed by atoms with Crippen LogP contribution >= 0.6 is 22.6 Å². The van der Waals surface area contributed by atoms with Crippen LogP contribution in [0.5, 0.6) is 5.75 Å². The molecule has 2 rings (SSSR count). The lowest BCUT2D eigenvalue weighted by Crippen LogP contribution is -2.42. The number of phenols is 1. The smallest absolute Gasteiger partial charge is 0.257 e. The molecule has 0 aliphatic carbocycles. The van der Waals surface area contributed by atoms with E-state index in [0.29, 0.717) is 17.4 Å². The van der Waals surface area contributed by atoms with Gasteiger partial charge in [0.15, 0.2) is 0 Å². The Balaban J connectivity index is 2.22. The number of likely N-dealkylation sites (tertiary alicyclic amines) is 1. The average Bonchev–Trinajstić information content (AvgIpc) is 2.30. The van der Waals surface area contributed by atoms with Crippen molar-refractivity contribution >= 4 is 28.5 Å². The third-order valence-electron chi connectivity index (χ3n) is 3.35. The summed E-state index contributed by atoms with van der Waals surface area (Å²) in [6.07, 6.45) is 1.17. The first-order valence-electron chi connectivity index (χ1n) is 6.25. The minimum Gasteiger partial charge on any atom is -0.507 e. The van der Waals surface area contributed by atoms with E-state index in [1.165, 1.54) is 6.42 Å². The van der Waals surface area contributed by atoms with E-state index in [9.17, 15) is 9.90 Å². The van der Waals surface area contributed by atoms with Crippen molar-refractivity contribution in [1.29, 1.82) is 0 Å². The molecule has 1 aromatic rings. The van der Waals surface area contributed by atoms with E-state index in [2.05, 4.69) is 36.4 Å². The van der Waals surface area contributed by atoms with Crippen LogP contribution in [0, 0.1) is 15.4 Å². The molecule has 2 unspecified atom stereocenters. The number of carbonyl (C=O) groups is 1. The van der Waals surface area contributed by atoms with Crippen LogP contribution in [0.25, 0.3) is 0 Å². The second kappa shape index (κ2) is 5.47. The number of nitrogens with zero attached hydrogens (tertiary/aromatic N) is 1. The standard InChI is InChI=1S/C14H18INO2/c1-9-5-10(2)8-16(7-9)14(18)12-6-11(15)3-4-13(12)17/h3-4,6,9-10,17H,5,7-8H2,1-2H3. The Kier molecular flexibility index (Phi) is 4.14. The van der Waals surface area contributed by atoms with Crippen molar-refractivity contribution < 1.29 is 9.90 Å². The van der Waals surface area contributed by atoms with E-state index >= 15 is 0 Å². The third-order valence-corrected chi connectivity index (χ3v) is 4.02. The molecule has 2 atom stereocenters. The van der Waals surface area contributed by atoms with E-state index in [0.717, 1.165) is 16.7 Å². The van der Waals surface area contributed by atoms with Crippen LogP contribution in [0.1, 0.15) is 30.6 Å². The molecule has 1 saturated heterocycles. The molecule has 3 nitrogen and oxygen atoms in total. The molecular weight excluding hydrogens is 341 g/mol. The van der Waals surface area contributed by atoms with Gasteiger partial charge in [-0.05, 0) is 59.0 Å². The lowest BCUT2D eigenvalue weighted by molar-refractivity contribution is 0.0620. The Hall–Kier alpha value is -0.780. The molecule has 4 heteroatoms. The van der Waals surface area contributed by atoms with Crippen molar-refractivity contribution in [2.75, 3.05) is 13.1 Å². The molecular formula is C14H18INO2. The van der Waals surface area contributed by atoms with Gasteiger partial charge in [-0.1, -0.05) is 13.8 Å². The second-order valence-corrected chi connectivity index (χ2v) is 6.56. The van der Waals surface area contributed by atoms with E-state index < -0.39 is 0 Å². The number of rotatable bonds is 1. The van der Waals surface area contributed by atoms with E-state index in [1.807, 2.05) is 4.90 Å². The molecule has 98 valence electrons. The molecule has 0 saturated carbocycles. The van der Waals surface area contributed by atoms with Crippen LogP contribution in [0.4, 0.5) is 0 Å². The summed E-state index contributed by atoms with van der Waals surface area (Å²) in [6, 6.07) is 5.14. The number of hydrogen-bond donors (Lipinski definition) is 1. The lowest BCUT2D eigenvalue weighted by atomic mass is 9.91. The van der Waals surface area contributed by atoms with Crippen molar-refractivity contribution in [1.82, 2.24) is 4.90 Å². The van der Waals surface area contributed by atoms with Crippen LogP contribution < -0.4 is 0 Å². The number of phenolic OH excluding ortho intramolecular Hbond substituents is 1. The normalized spacial score (nSPS) is 24.1. The average molecular weight is 359 g/mol. The quantitative estimate of drug-likeness (QED) is 0.783. The molecule has 0 spiro atoms. The summed E-state index contributed by atoms with van der Waals surface area (Å²) < 4.78 is 0.965. The Morgan fingerprint density at radius 1 is 1.33 bits per heavy atom. The molecule has 1 aliphatic heterocycles. The first-order chi connectivity index (χ1) is 8.47. The molecule has 1 N–H and O–H groups in total. The van der Waals surface area contributed by atoms with Gasteiger partial charge in [0.25, 0.3) is 5.91 Å². The molecule has 0 aromatic heterocycles. The SMILES string of the molecule is CC1CC(C)CN(C(=O)c2cc(I)ccc2O)C1. The number of amides is 1. The minimum absolute atomic E-state index is 0.0515. The van der Waals surface area contributed by atoms with Gasteiger partial charge in [-0.15, -0.1) is 0 Å². The van der Waals surface area contributed by atoms with Gasteiger partial charge in [0.1, 0.15) is 5.75 Å². The van der Waals surface area contributed by atoms with Crippen molar-refractivity contribution in [3.63, 3.8) is 0 Å². The highest BCUT2D eigenvalue weighted by atomic mass is 127. The van der Waals surface area contributed by atoms with Crippen molar-refractivity contribution in [2.45, 2.75) is 20.3 Å². The number of benzene rings is 1. The first-order valence-corrected chi connectivity index (χ1v) is 7.33. The monoisotopic (exact) mass is 359 g/mol. The van der Waals surface area contributed by atoms with Crippen LogP contribution in [0.3, 0.4) is 0 Å². The van der Waals surface area contributed by atoms with Crippen LogP contribution in [-0.4, -0.2) is 29.0 Å². The summed E-state index contributed by atoms with van der Waals surface area (Å²) in [7, 11) is 0. The predicted molar refractivity (Wildman–Crippen MR) is 79.7 cm³/mol. The fourth-order valence-electron chi connectivity index (χ4n) is 2.68. The minimum atomic E-state index is -0.0515. The maximum absolute atomic E-state index is 12.4. The summed E-state index contributed by atoms with van der Waals surface area (Å²) in [5, 5.41) is 9.82. The van der Waals surface area contributed by atoms with E-state index in [4.69, 9.17) is 0 Å². The van der Waals surface area contributed by atoms with Gasteiger partial charge < -0.3 is 10.0 Å². The van der Waals surface area contributed by atoms with E-state index in [1.54, 1.807) is 18.2 Å². The van der Waals surface area contributed by atoms with Gasteiger partial charge in [0.05, 0.1) is 5.56 Å². The lowest BCUT2D eigenvalue weighted by Gasteiger charge is -2.35. The van der Waals surface area contributed by atoms with Gasteiger partial charge in [-0.25, -0.2) is 0 Å². The van der Waals surface area contributed by atoms with Gasteiger partial charge in [0, 0.05) is 16.7 Å². The number of aromatic hydroxyl groups is 1. The van der Waals surface area contributed by atoms with Crippen LogP contribution in [0.2, 0.25) is 0 Å². The summed E-state index contributed by atoms with van der Waals surface area (Å²) >= 11 is 2.15. The summed E-state index contributed by atoms with van der Waals surface area (Å²) in [5.41, 5.74) is 0.420. The first kappa shape index (κ1) is 13.6. The van der Waals surface area contributed by atoms with Gasteiger partial charge >= 0.3 is 0 Å². The Bertz CT molecular complexity index is 451. The topological polar surface area (TPSA) is 40.5 Å². The fourth-order valence-corrected chi connectivity index (χ4v) is 3.17. The Labute approximate surface area is 121 Å². The van der Waals surface area contributed by atoms with Gasteiger partial charge in [-0.3, -0.25) is 4.79 Å². The zero-order valence-electron chi connectivity index (χ0n) is 10.7. The van der Waals surface area contributed by atoms with Crippen molar-refractivity contribution in [2.24, 2.45) is 11.8 Å². The zero-order chi connectivity index (χ0) is 13.3. The maximum Gasteiger partial charge on any atom is 0.257 e. The number of hydrogen-bond acceptors (Lipinski definition) is 2. The molecule has 1 aliphatic rings. The molecule has 1 aromatic carbocycles. The molecule has 0 radical (unpaired) electrons. The summed E-state index contributed by atoms with van der Waals surface area (Å²) in [4.78, 5) is 14.3. The van der Waals surface area contributed by atoms with Gasteiger partial charge in [0.2, 0.25) is 0 Å². The second-order valence-electron chi connectivity index (χ2n) is 5.32. The molecule has 18 heavy (non-hydrogen) atoms. The number of halogens is 1. The zero-order valence-corrected chi connectivity index (χ0v) is 12.8. The summed E-state index contributed by atoms with van der Waals surface area (Å²) in [5.74, 6) is 1.08. The highest BCUT2D eigenvalue weighted by Crippen LogP contribution is 2.26. The fraction of sp³-hybridized carbons (Fsp3) is 0.500. The highest BCUT2D eigenvalue weighted by molar-refractivity contribution is 14.1. The summed E-state index contributed by atoms with van der Waals surface area (Å²) in [6.45, 7) is 5.91. The largest absolute Gasteiger partial charge is 0.507 e. The maximum atomic E-state index is 12.4. The predicted octanol–water partition coefficient (Wildman–Crippen LogP) is 3.11. The van der Waals surface area contributed by atoms with Crippen molar-refractivity contribution in [3.05, 3.63) is 27.3 Å². The molecule has 1 amide bonds. The van der Waals surface area contributed by atoms with Crippen LogP contribution in [0.15, 0.2) is 18.2 Å².